The standard InChI is InChI=1S/C19H22N2O3/c22-17-13-18(24-19(14-17)21-9-11-23-12-10-21)15-3-5-16(6-4-15)20-7-1-2-8-20/h3-6,13-14H,1-2,7-12H2. The van der Waals surface area contributed by atoms with Gasteiger partial charge >= 0.3 is 0 Å². The van der Waals surface area contributed by atoms with Crippen LogP contribution in [-0.4, -0.2) is 39.4 Å². The van der Waals surface area contributed by atoms with E-state index in [-0.39, 0.29) is 5.43 Å². The second-order valence-corrected chi connectivity index (χ2v) is 6.34. The predicted octanol–water partition coefficient (Wildman–Crippen LogP) is 2.74. The van der Waals surface area contributed by atoms with E-state index in [1.54, 1.807) is 12.1 Å². The molecule has 0 radical (unpaired) electrons. The quantitative estimate of drug-likeness (QED) is 0.868. The van der Waals surface area contributed by atoms with Gasteiger partial charge < -0.3 is 19.0 Å². The van der Waals surface area contributed by atoms with Gasteiger partial charge in [-0.3, -0.25) is 4.79 Å². The van der Waals surface area contributed by atoms with E-state index in [2.05, 4.69) is 21.9 Å². The molecule has 2 fully saturated rings. The van der Waals surface area contributed by atoms with E-state index in [1.807, 2.05) is 12.1 Å². The van der Waals surface area contributed by atoms with E-state index in [1.165, 1.54) is 18.5 Å². The average molecular weight is 326 g/mol. The summed E-state index contributed by atoms with van der Waals surface area (Å²) in [7, 11) is 0. The lowest BCUT2D eigenvalue weighted by Gasteiger charge is -2.27. The van der Waals surface area contributed by atoms with Crippen molar-refractivity contribution in [2.24, 2.45) is 0 Å². The molecular weight excluding hydrogens is 304 g/mol. The topological polar surface area (TPSA) is 45.9 Å². The number of hydrogen-bond acceptors (Lipinski definition) is 5. The molecule has 2 aliphatic rings. The highest BCUT2D eigenvalue weighted by Crippen LogP contribution is 2.27. The number of morpholine rings is 1. The molecule has 0 unspecified atom stereocenters. The predicted molar refractivity (Wildman–Crippen MR) is 94.9 cm³/mol. The van der Waals surface area contributed by atoms with E-state index in [0.29, 0.717) is 24.9 Å². The van der Waals surface area contributed by atoms with Crippen LogP contribution in [0.15, 0.2) is 45.6 Å². The molecule has 0 amide bonds. The fraction of sp³-hybridized carbons (Fsp3) is 0.421. The molecule has 2 saturated heterocycles. The highest BCUT2D eigenvalue weighted by molar-refractivity contribution is 5.63. The maximum atomic E-state index is 12.1. The molecule has 24 heavy (non-hydrogen) atoms. The lowest BCUT2D eigenvalue weighted by atomic mass is 10.1. The highest BCUT2D eigenvalue weighted by Gasteiger charge is 2.16. The minimum atomic E-state index is -0.0265. The summed E-state index contributed by atoms with van der Waals surface area (Å²) in [5.41, 5.74) is 2.15. The number of rotatable bonds is 3. The largest absolute Gasteiger partial charge is 0.440 e. The Bertz CT molecular complexity index is 742. The maximum absolute atomic E-state index is 12.1. The number of benzene rings is 1. The van der Waals surface area contributed by atoms with E-state index in [9.17, 15) is 4.79 Å². The van der Waals surface area contributed by atoms with E-state index in [0.717, 1.165) is 31.7 Å². The zero-order chi connectivity index (χ0) is 16.4. The summed E-state index contributed by atoms with van der Waals surface area (Å²) in [5, 5.41) is 0. The zero-order valence-corrected chi connectivity index (χ0v) is 13.7. The van der Waals surface area contributed by atoms with Gasteiger partial charge in [0, 0.05) is 49.6 Å². The van der Waals surface area contributed by atoms with Gasteiger partial charge in [0.05, 0.1) is 13.2 Å². The van der Waals surface area contributed by atoms with E-state index >= 15 is 0 Å². The summed E-state index contributed by atoms with van der Waals surface area (Å²) in [4.78, 5) is 16.5. The zero-order valence-electron chi connectivity index (χ0n) is 13.7. The van der Waals surface area contributed by atoms with E-state index < -0.39 is 0 Å². The Labute approximate surface area is 141 Å². The normalized spacial score (nSPS) is 18.2. The Morgan fingerprint density at radius 2 is 1.54 bits per heavy atom. The molecule has 0 saturated carbocycles. The average Bonchev–Trinajstić information content (AvgIpc) is 3.17. The first-order chi connectivity index (χ1) is 11.8. The van der Waals surface area contributed by atoms with Crippen LogP contribution in [0.2, 0.25) is 0 Å². The van der Waals surface area contributed by atoms with Crippen LogP contribution in [0, 0.1) is 0 Å². The number of nitrogens with zero attached hydrogens (tertiary/aromatic N) is 2. The second-order valence-electron chi connectivity index (χ2n) is 6.34. The molecule has 4 rings (SSSR count). The Hall–Kier alpha value is -2.27. The van der Waals surface area contributed by atoms with Gasteiger partial charge in [-0.05, 0) is 37.1 Å². The monoisotopic (exact) mass is 326 g/mol. The van der Waals surface area contributed by atoms with Crippen LogP contribution in [0.25, 0.3) is 11.3 Å². The summed E-state index contributed by atoms with van der Waals surface area (Å²) in [6.07, 6.45) is 2.52. The van der Waals surface area contributed by atoms with Crippen molar-refractivity contribution in [2.75, 3.05) is 49.2 Å². The molecule has 2 aliphatic heterocycles. The van der Waals surface area contributed by atoms with Crippen molar-refractivity contribution in [2.45, 2.75) is 12.8 Å². The lowest BCUT2D eigenvalue weighted by Crippen LogP contribution is -2.36. The minimum absolute atomic E-state index is 0.0265. The second kappa shape index (κ2) is 6.69. The number of anilines is 2. The SMILES string of the molecule is O=c1cc(-c2ccc(N3CCCC3)cc2)oc(N2CCOCC2)c1. The van der Waals surface area contributed by atoms with Gasteiger partial charge in [-0.2, -0.15) is 0 Å². The van der Waals surface area contributed by atoms with Gasteiger partial charge in [0.2, 0.25) is 0 Å². The maximum Gasteiger partial charge on any atom is 0.200 e. The van der Waals surface area contributed by atoms with Gasteiger partial charge in [-0.1, -0.05) is 0 Å². The Morgan fingerprint density at radius 1 is 0.833 bits per heavy atom. The fourth-order valence-corrected chi connectivity index (χ4v) is 3.36. The van der Waals surface area contributed by atoms with Crippen LogP contribution in [0.1, 0.15) is 12.8 Å². The molecule has 0 atom stereocenters. The van der Waals surface area contributed by atoms with Crippen molar-refractivity contribution in [1.82, 2.24) is 0 Å². The minimum Gasteiger partial charge on any atom is -0.440 e. The van der Waals surface area contributed by atoms with Gasteiger partial charge in [0.15, 0.2) is 11.3 Å². The molecular formula is C19H22N2O3. The first-order valence-electron chi connectivity index (χ1n) is 8.63. The molecule has 1 aromatic heterocycles. The summed E-state index contributed by atoms with van der Waals surface area (Å²) in [5.74, 6) is 1.25. The van der Waals surface area contributed by atoms with Gasteiger partial charge in [0.1, 0.15) is 5.76 Å². The van der Waals surface area contributed by atoms with Gasteiger partial charge in [0.25, 0.3) is 0 Å². The first kappa shape index (κ1) is 15.3. The van der Waals surface area contributed by atoms with Crippen LogP contribution >= 0.6 is 0 Å². The highest BCUT2D eigenvalue weighted by atomic mass is 16.5. The Kier molecular flexibility index (Phi) is 4.26. The Morgan fingerprint density at radius 3 is 2.25 bits per heavy atom. The molecule has 1 aromatic carbocycles. The van der Waals surface area contributed by atoms with Crippen molar-refractivity contribution in [3.05, 3.63) is 46.6 Å². The molecule has 3 heterocycles. The van der Waals surface area contributed by atoms with Crippen molar-refractivity contribution in [3.63, 3.8) is 0 Å². The summed E-state index contributed by atoms with van der Waals surface area (Å²) >= 11 is 0. The molecule has 0 N–H and O–H groups in total. The Balaban J connectivity index is 1.61. The van der Waals surface area contributed by atoms with Crippen molar-refractivity contribution in [3.8, 4) is 11.3 Å². The first-order valence-corrected chi connectivity index (χ1v) is 8.63. The fourth-order valence-electron chi connectivity index (χ4n) is 3.36. The lowest BCUT2D eigenvalue weighted by molar-refractivity contribution is 0.120. The van der Waals surface area contributed by atoms with Crippen molar-refractivity contribution >= 4 is 11.6 Å². The number of hydrogen-bond donors (Lipinski definition) is 0. The summed E-state index contributed by atoms with van der Waals surface area (Å²) in [6, 6.07) is 11.4. The van der Waals surface area contributed by atoms with Crippen LogP contribution in [0.3, 0.4) is 0 Å². The summed E-state index contributed by atoms with van der Waals surface area (Å²) in [6.45, 7) is 5.08. The van der Waals surface area contributed by atoms with Crippen LogP contribution in [0.4, 0.5) is 11.6 Å². The molecule has 2 aromatic rings. The van der Waals surface area contributed by atoms with Crippen LogP contribution in [0.5, 0.6) is 0 Å². The van der Waals surface area contributed by atoms with Gasteiger partial charge in [-0.15, -0.1) is 0 Å². The van der Waals surface area contributed by atoms with Crippen molar-refractivity contribution in [1.29, 1.82) is 0 Å². The van der Waals surface area contributed by atoms with Gasteiger partial charge in [-0.25, -0.2) is 0 Å². The molecule has 0 aliphatic carbocycles. The molecule has 0 spiro atoms. The summed E-state index contributed by atoms with van der Waals surface area (Å²) < 4.78 is 11.4. The third kappa shape index (κ3) is 3.17. The van der Waals surface area contributed by atoms with Crippen LogP contribution in [-0.2, 0) is 4.74 Å². The number of ether oxygens (including phenoxy) is 1. The molecule has 5 nitrogen and oxygen atoms in total. The smallest absolute Gasteiger partial charge is 0.200 e. The van der Waals surface area contributed by atoms with Crippen LogP contribution < -0.4 is 15.2 Å². The molecule has 5 heteroatoms. The third-order valence-electron chi connectivity index (χ3n) is 4.70. The molecule has 0 bridgehead atoms. The molecule has 126 valence electrons. The van der Waals surface area contributed by atoms with E-state index in [4.69, 9.17) is 9.15 Å². The third-order valence-corrected chi connectivity index (χ3v) is 4.70. The van der Waals surface area contributed by atoms with Crippen molar-refractivity contribution < 1.29 is 9.15 Å².